The second-order valence-corrected chi connectivity index (χ2v) is 6.19. The molecule has 1 aromatic heterocycles. The van der Waals surface area contributed by atoms with Gasteiger partial charge < -0.3 is 19.8 Å². The Hall–Kier alpha value is -3.88. The first-order valence-corrected chi connectivity index (χ1v) is 8.81. The second kappa shape index (κ2) is 8.87. The molecule has 3 aromatic rings. The molecule has 0 unspecified atom stereocenters. The molecular weight excluding hydrogens is 374 g/mol. The molecular formula is C20H21N5O4. The third kappa shape index (κ3) is 4.89. The number of nitrogens with one attached hydrogen (secondary N) is 1. The van der Waals surface area contributed by atoms with E-state index in [1.165, 1.54) is 13.3 Å². The molecule has 0 aliphatic carbocycles. The number of aromatic nitrogens is 2. The number of methoxy groups -OCH3 is 1. The number of hydrogen-bond acceptors (Lipinski definition) is 6. The molecule has 2 amide bonds. The van der Waals surface area contributed by atoms with E-state index in [0.717, 1.165) is 16.9 Å². The molecule has 9 heteroatoms. The van der Waals surface area contributed by atoms with Crippen molar-refractivity contribution < 1.29 is 19.1 Å². The van der Waals surface area contributed by atoms with Crippen LogP contribution >= 0.6 is 0 Å². The number of hydrogen-bond donors (Lipinski definition) is 2. The molecule has 0 bridgehead atoms. The minimum absolute atomic E-state index is 0.104. The van der Waals surface area contributed by atoms with E-state index in [9.17, 15) is 9.59 Å². The number of ether oxygens (including phenoxy) is 2. The van der Waals surface area contributed by atoms with Crippen LogP contribution in [0.2, 0.25) is 0 Å². The van der Waals surface area contributed by atoms with Crippen molar-refractivity contribution >= 4 is 29.1 Å². The third-order valence-electron chi connectivity index (χ3n) is 4.11. The summed E-state index contributed by atoms with van der Waals surface area (Å²) in [6.07, 6.45) is 1.48. The largest absolute Gasteiger partial charge is 0.493 e. The summed E-state index contributed by atoms with van der Waals surface area (Å²) < 4.78 is 12.3. The van der Waals surface area contributed by atoms with Crippen LogP contribution in [-0.4, -0.2) is 41.3 Å². The molecule has 2 aromatic carbocycles. The number of carbonyl (C=O) groups is 2. The van der Waals surface area contributed by atoms with Crippen LogP contribution in [0, 0.1) is 6.92 Å². The fourth-order valence-electron chi connectivity index (χ4n) is 2.79. The fourth-order valence-corrected chi connectivity index (χ4v) is 2.79. The first-order valence-electron chi connectivity index (χ1n) is 8.81. The average Bonchev–Trinajstić information content (AvgIpc) is 3.02. The maximum absolute atomic E-state index is 12.3. The highest BCUT2D eigenvalue weighted by Crippen LogP contribution is 2.27. The van der Waals surface area contributed by atoms with E-state index in [4.69, 9.17) is 15.2 Å². The number of benzene rings is 2. The molecule has 0 radical (unpaired) electrons. The van der Waals surface area contributed by atoms with Gasteiger partial charge in [0.05, 0.1) is 24.4 Å². The highest BCUT2D eigenvalue weighted by molar-refractivity contribution is 5.84. The van der Waals surface area contributed by atoms with E-state index in [-0.39, 0.29) is 19.1 Å². The van der Waals surface area contributed by atoms with Gasteiger partial charge in [0, 0.05) is 0 Å². The number of para-hydroxylation sites is 2. The number of amides is 2. The first kappa shape index (κ1) is 19.9. The molecule has 0 saturated heterocycles. The molecule has 0 atom stereocenters. The van der Waals surface area contributed by atoms with Crippen molar-refractivity contribution in [3.8, 4) is 11.5 Å². The number of hydrazone groups is 1. The third-order valence-corrected chi connectivity index (χ3v) is 4.11. The molecule has 0 aliphatic heterocycles. The van der Waals surface area contributed by atoms with Gasteiger partial charge in [-0.2, -0.15) is 5.10 Å². The molecule has 0 aliphatic rings. The van der Waals surface area contributed by atoms with E-state index in [1.54, 1.807) is 18.2 Å². The van der Waals surface area contributed by atoms with Crippen molar-refractivity contribution in [3.63, 3.8) is 0 Å². The van der Waals surface area contributed by atoms with Crippen LogP contribution in [0.4, 0.5) is 0 Å². The van der Waals surface area contributed by atoms with Gasteiger partial charge in [-0.3, -0.25) is 9.59 Å². The van der Waals surface area contributed by atoms with Crippen LogP contribution < -0.4 is 20.6 Å². The molecule has 0 spiro atoms. The summed E-state index contributed by atoms with van der Waals surface area (Å²) >= 11 is 0. The van der Waals surface area contributed by atoms with Gasteiger partial charge in [-0.15, -0.1) is 0 Å². The Morgan fingerprint density at radius 1 is 1.24 bits per heavy atom. The number of nitrogens with zero attached hydrogens (tertiary/aromatic N) is 3. The Kier molecular flexibility index (Phi) is 6.08. The van der Waals surface area contributed by atoms with Gasteiger partial charge in [-0.25, -0.2) is 10.4 Å². The van der Waals surface area contributed by atoms with Gasteiger partial charge in [-0.05, 0) is 42.8 Å². The maximum atomic E-state index is 12.3. The van der Waals surface area contributed by atoms with Crippen molar-refractivity contribution in [2.24, 2.45) is 10.8 Å². The fraction of sp³-hybridized carbons (Fsp3) is 0.200. The molecule has 0 fully saturated rings. The Morgan fingerprint density at radius 3 is 2.79 bits per heavy atom. The first-order chi connectivity index (χ1) is 14.0. The highest BCUT2D eigenvalue weighted by atomic mass is 16.5. The SMILES string of the molecule is COc1cc(C=NNC(=O)Cn2c(C)nc3ccccc32)ccc1OCC(N)=O. The van der Waals surface area contributed by atoms with Crippen LogP contribution in [-0.2, 0) is 16.1 Å². The van der Waals surface area contributed by atoms with Gasteiger partial charge in [0.15, 0.2) is 18.1 Å². The highest BCUT2D eigenvalue weighted by Gasteiger charge is 2.10. The van der Waals surface area contributed by atoms with Crippen molar-refractivity contribution in [2.75, 3.05) is 13.7 Å². The van der Waals surface area contributed by atoms with Crippen molar-refractivity contribution in [3.05, 3.63) is 53.9 Å². The summed E-state index contributed by atoms with van der Waals surface area (Å²) in [5.41, 5.74) is 9.98. The van der Waals surface area contributed by atoms with Crippen LogP contribution in [0.15, 0.2) is 47.6 Å². The van der Waals surface area contributed by atoms with Crippen LogP contribution in [0.5, 0.6) is 11.5 Å². The average molecular weight is 395 g/mol. The van der Waals surface area contributed by atoms with Gasteiger partial charge in [0.1, 0.15) is 12.4 Å². The normalized spacial score (nSPS) is 11.0. The standard InChI is InChI=1S/C20H21N5O4/c1-13-23-15-5-3-4-6-16(15)25(13)11-20(27)24-22-10-14-7-8-17(18(9-14)28-2)29-12-19(21)26/h3-10H,11-12H2,1-2H3,(H2,21,26)(H,24,27). The molecule has 1 heterocycles. The summed E-state index contributed by atoms with van der Waals surface area (Å²) in [4.78, 5) is 27.5. The predicted octanol–water partition coefficient (Wildman–Crippen LogP) is 1.37. The summed E-state index contributed by atoms with van der Waals surface area (Å²) in [6, 6.07) is 12.6. The van der Waals surface area contributed by atoms with Crippen molar-refractivity contribution in [1.29, 1.82) is 0 Å². The molecule has 150 valence electrons. The number of imidazole rings is 1. The van der Waals surface area contributed by atoms with E-state index >= 15 is 0 Å². The number of rotatable bonds is 8. The van der Waals surface area contributed by atoms with E-state index in [0.29, 0.717) is 17.1 Å². The number of fused-ring (bicyclic) bond motifs is 1. The number of nitrogens with two attached hydrogens (primary N) is 1. The smallest absolute Gasteiger partial charge is 0.260 e. The zero-order valence-electron chi connectivity index (χ0n) is 16.1. The van der Waals surface area contributed by atoms with Crippen molar-refractivity contribution in [1.82, 2.24) is 15.0 Å². The lowest BCUT2D eigenvalue weighted by atomic mass is 10.2. The van der Waals surface area contributed by atoms with Crippen LogP contribution in [0.3, 0.4) is 0 Å². The van der Waals surface area contributed by atoms with Crippen molar-refractivity contribution in [2.45, 2.75) is 13.5 Å². The predicted molar refractivity (Wildman–Crippen MR) is 108 cm³/mol. The zero-order valence-corrected chi connectivity index (χ0v) is 16.1. The Balaban J connectivity index is 1.63. The minimum atomic E-state index is -0.582. The zero-order chi connectivity index (χ0) is 20.8. The maximum Gasteiger partial charge on any atom is 0.260 e. The topological polar surface area (TPSA) is 121 Å². The second-order valence-electron chi connectivity index (χ2n) is 6.19. The lowest BCUT2D eigenvalue weighted by molar-refractivity contribution is -0.121. The van der Waals surface area contributed by atoms with Crippen LogP contribution in [0.25, 0.3) is 11.0 Å². The summed E-state index contributed by atoms with van der Waals surface area (Å²) in [7, 11) is 1.48. The molecule has 3 rings (SSSR count). The summed E-state index contributed by atoms with van der Waals surface area (Å²) in [5.74, 6) is 0.695. The quantitative estimate of drug-likeness (QED) is 0.441. The van der Waals surface area contributed by atoms with Gasteiger partial charge in [-0.1, -0.05) is 12.1 Å². The van der Waals surface area contributed by atoms with Gasteiger partial charge in [0.2, 0.25) is 0 Å². The lowest BCUT2D eigenvalue weighted by Crippen LogP contribution is -2.23. The van der Waals surface area contributed by atoms with E-state index in [1.807, 2.05) is 35.8 Å². The Morgan fingerprint density at radius 2 is 2.03 bits per heavy atom. The molecule has 29 heavy (non-hydrogen) atoms. The Labute approximate surface area is 167 Å². The number of primary amides is 1. The van der Waals surface area contributed by atoms with E-state index < -0.39 is 5.91 Å². The Bertz CT molecular complexity index is 1070. The van der Waals surface area contributed by atoms with E-state index in [2.05, 4.69) is 15.5 Å². The van der Waals surface area contributed by atoms with Gasteiger partial charge >= 0.3 is 0 Å². The minimum Gasteiger partial charge on any atom is -0.493 e. The molecule has 9 nitrogen and oxygen atoms in total. The molecule has 0 saturated carbocycles. The van der Waals surface area contributed by atoms with Crippen LogP contribution in [0.1, 0.15) is 11.4 Å². The van der Waals surface area contributed by atoms with Gasteiger partial charge in [0.25, 0.3) is 11.8 Å². The number of aryl methyl sites for hydroxylation is 1. The monoisotopic (exact) mass is 395 g/mol. The summed E-state index contributed by atoms with van der Waals surface area (Å²) in [5, 5.41) is 3.98. The number of carbonyl (C=O) groups excluding carboxylic acids is 2. The summed E-state index contributed by atoms with van der Waals surface area (Å²) in [6.45, 7) is 1.71. The lowest BCUT2D eigenvalue weighted by Gasteiger charge is -2.09. The molecule has 3 N–H and O–H groups in total.